The van der Waals surface area contributed by atoms with Crippen molar-refractivity contribution >= 4 is 34.8 Å². The number of carbonyl (C=O) groups is 2. The largest absolute Gasteiger partial charge is 0.352 e. The summed E-state index contributed by atoms with van der Waals surface area (Å²) in [4.78, 5) is 29.0. The predicted molar refractivity (Wildman–Crippen MR) is 120 cm³/mol. The van der Waals surface area contributed by atoms with Gasteiger partial charge in [-0.2, -0.15) is 0 Å². The highest BCUT2D eigenvalue weighted by atomic mass is 32.2. The van der Waals surface area contributed by atoms with E-state index in [4.69, 9.17) is 0 Å². The first-order valence-corrected chi connectivity index (χ1v) is 11.4. The van der Waals surface area contributed by atoms with Gasteiger partial charge in [0.1, 0.15) is 0 Å². The van der Waals surface area contributed by atoms with E-state index in [2.05, 4.69) is 17.2 Å². The van der Waals surface area contributed by atoms with Crippen molar-refractivity contribution < 1.29 is 9.59 Å². The van der Waals surface area contributed by atoms with Crippen molar-refractivity contribution in [2.24, 2.45) is 0 Å². The average Bonchev–Trinajstić information content (AvgIpc) is 3.19. The van der Waals surface area contributed by atoms with Crippen LogP contribution in [0.1, 0.15) is 39.7 Å². The number of thioether (sulfide) groups is 1. The summed E-state index contributed by atoms with van der Waals surface area (Å²) in [5.74, 6) is 0.377. The zero-order valence-electron chi connectivity index (χ0n) is 16.6. The molecule has 1 aromatic heterocycles. The maximum Gasteiger partial charge on any atom is 0.226 e. The Morgan fingerprint density at radius 3 is 2.41 bits per heavy atom. The van der Waals surface area contributed by atoms with Gasteiger partial charge in [0.2, 0.25) is 5.91 Å². The van der Waals surface area contributed by atoms with E-state index in [9.17, 15) is 9.59 Å². The van der Waals surface area contributed by atoms with E-state index in [1.807, 2.05) is 60.8 Å². The summed E-state index contributed by atoms with van der Waals surface area (Å²) in [6.07, 6.45) is 1.21. The van der Waals surface area contributed by atoms with E-state index < -0.39 is 0 Å². The molecule has 0 aliphatic heterocycles. The molecule has 1 N–H and O–H groups in total. The number of thiazole rings is 1. The number of Topliss-reactive ketones (excluding diaryl/α,β-unsaturated/α-hetero) is 1. The molecule has 29 heavy (non-hydrogen) atoms. The molecule has 6 heteroatoms. The Bertz CT molecular complexity index is 963. The van der Waals surface area contributed by atoms with Crippen molar-refractivity contribution in [2.75, 3.05) is 5.75 Å². The number of benzene rings is 2. The quantitative estimate of drug-likeness (QED) is 0.394. The maximum absolute atomic E-state index is 12.3. The van der Waals surface area contributed by atoms with E-state index in [1.54, 1.807) is 0 Å². The molecular weight excluding hydrogens is 400 g/mol. The minimum Gasteiger partial charge on any atom is -0.352 e. The molecule has 0 bridgehead atoms. The Labute approximate surface area is 179 Å². The highest BCUT2D eigenvalue weighted by Crippen LogP contribution is 2.24. The molecule has 0 aliphatic rings. The molecule has 0 radical (unpaired) electrons. The Morgan fingerprint density at radius 2 is 1.72 bits per heavy atom. The van der Waals surface area contributed by atoms with Crippen LogP contribution in [-0.2, 0) is 24.2 Å². The van der Waals surface area contributed by atoms with Crippen molar-refractivity contribution in [3.8, 4) is 0 Å². The number of nitrogens with zero attached hydrogens (tertiary/aromatic N) is 1. The van der Waals surface area contributed by atoms with Crippen molar-refractivity contribution in [3.05, 3.63) is 81.9 Å². The molecule has 0 saturated carbocycles. The molecule has 0 aliphatic carbocycles. The lowest BCUT2D eigenvalue weighted by atomic mass is 10.1. The van der Waals surface area contributed by atoms with E-state index >= 15 is 0 Å². The molecule has 150 valence electrons. The van der Waals surface area contributed by atoms with Gasteiger partial charge in [0, 0.05) is 17.5 Å². The van der Waals surface area contributed by atoms with E-state index in [0.29, 0.717) is 12.3 Å². The number of hydrogen-bond donors (Lipinski definition) is 1. The minimum atomic E-state index is -0.0560. The molecule has 0 fully saturated rings. The first-order valence-electron chi connectivity index (χ1n) is 9.55. The van der Waals surface area contributed by atoms with Gasteiger partial charge in [-0.05, 0) is 24.5 Å². The molecule has 0 spiro atoms. The van der Waals surface area contributed by atoms with Crippen LogP contribution in [0.15, 0.2) is 58.3 Å². The van der Waals surface area contributed by atoms with Crippen LogP contribution in [0.2, 0.25) is 0 Å². The van der Waals surface area contributed by atoms with E-state index in [0.717, 1.165) is 27.6 Å². The summed E-state index contributed by atoms with van der Waals surface area (Å²) in [5.41, 5.74) is 4.95. The molecule has 0 atom stereocenters. The van der Waals surface area contributed by atoms with Crippen LogP contribution in [-0.4, -0.2) is 22.4 Å². The van der Waals surface area contributed by atoms with Gasteiger partial charge in [-0.3, -0.25) is 9.59 Å². The number of rotatable bonds is 9. The molecule has 4 nitrogen and oxygen atoms in total. The van der Waals surface area contributed by atoms with Gasteiger partial charge in [0.05, 0.1) is 17.9 Å². The standard InChI is InChI=1S/C23H24N2O2S2/c1-3-17-8-10-19(11-9-17)21(26)15-29-23-25-20(14-28-23)12-22(27)24-13-18-6-4-16(2)5-7-18/h4-11,14H,3,12-13,15H2,1-2H3,(H,24,27). The van der Waals surface area contributed by atoms with Gasteiger partial charge in [-0.1, -0.05) is 72.8 Å². The minimum absolute atomic E-state index is 0.0560. The molecule has 1 heterocycles. The van der Waals surface area contributed by atoms with Gasteiger partial charge in [0.15, 0.2) is 10.1 Å². The summed E-state index contributed by atoms with van der Waals surface area (Å²) in [7, 11) is 0. The van der Waals surface area contributed by atoms with Crippen molar-refractivity contribution in [3.63, 3.8) is 0 Å². The first-order chi connectivity index (χ1) is 14.0. The van der Waals surface area contributed by atoms with E-state index in [1.165, 1.54) is 34.2 Å². The van der Waals surface area contributed by atoms with Crippen LogP contribution in [0, 0.1) is 6.92 Å². The van der Waals surface area contributed by atoms with Crippen molar-refractivity contribution in [2.45, 2.75) is 37.6 Å². The van der Waals surface area contributed by atoms with E-state index in [-0.39, 0.29) is 18.1 Å². The topological polar surface area (TPSA) is 59.1 Å². The highest BCUT2D eigenvalue weighted by Gasteiger charge is 2.11. The van der Waals surface area contributed by atoms with Gasteiger partial charge >= 0.3 is 0 Å². The SMILES string of the molecule is CCc1ccc(C(=O)CSc2nc(CC(=O)NCc3ccc(C)cc3)cs2)cc1. The number of aromatic nitrogens is 1. The predicted octanol–water partition coefficient (Wildman–Crippen LogP) is 4.85. The fourth-order valence-electron chi connectivity index (χ4n) is 2.71. The third kappa shape index (κ3) is 6.54. The van der Waals surface area contributed by atoms with Crippen LogP contribution in [0.3, 0.4) is 0 Å². The second-order valence-corrected chi connectivity index (χ2v) is 8.89. The maximum atomic E-state index is 12.3. The second-order valence-electron chi connectivity index (χ2n) is 6.81. The molecule has 3 aromatic rings. The van der Waals surface area contributed by atoms with Crippen LogP contribution in [0.4, 0.5) is 0 Å². The third-order valence-corrected chi connectivity index (χ3v) is 6.56. The Kier molecular flexibility index (Phi) is 7.61. The lowest BCUT2D eigenvalue weighted by Gasteiger charge is -2.04. The zero-order chi connectivity index (χ0) is 20.6. The fourth-order valence-corrected chi connectivity index (χ4v) is 4.45. The fraction of sp³-hybridized carbons (Fsp3) is 0.261. The Balaban J connectivity index is 1.45. The molecule has 0 unspecified atom stereocenters. The average molecular weight is 425 g/mol. The number of hydrogen-bond acceptors (Lipinski definition) is 5. The van der Waals surface area contributed by atoms with Crippen molar-refractivity contribution in [1.29, 1.82) is 0 Å². The van der Waals surface area contributed by atoms with Crippen LogP contribution in [0.25, 0.3) is 0 Å². The summed E-state index contributed by atoms with van der Waals surface area (Å²) in [5, 5.41) is 4.81. The Hall–Kier alpha value is -2.44. The lowest BCUT2D eigenvalue weighted by Crippen LogP contribution is -2.24. The summed E-state index contributed by atoms with van der Waals surface area (Å²) in [6, 6.07) is 15.8. The number of amides is 1. The third-order valence-electron chi connectivity index (χ3n) is 4.49. The number of carbonyl (C=O) groups excluding carboxylic acids is 2. The number of nitrogens with one attached hydrogen (secondary N) is 1. The zero-order valence-corrected chi connectivity index (χ0v) is 18.2. The molecule has 1 amide bonds. The van der Waals surface area contributed by atoms with Crippen LogP contribution < -0.4 is 5.32 Å². The smallest absolute Gasteiger partial charge is 0.226 e. The van der Waals surface area contributed by atoms with Crippen LogP contribution >= 0.6 is 23.1 Å². The normalized spacial score (nSPS) is 10.7. The Morgan fingerprint density at radius 1 is 1.03 bits per heavy atom. The van der Waals surface area contributed by atoms with Gasteiger partial charge in [-0.15, -0.1) is 11.3 Å². The summed E-state index contributed by atoms with van der Waals surface area (Å²) >= 11 is 2.89. The molecule has 2 aromatic carbocycles. The number of aryl methyl sites for hydroxylation is 2. The first kappa shape index (κ1) is 21.3. The van der Waals surface area contributed by atoms with Gasteiger partial charge < -0.3 is 5.32 Å². The molecule has 3 rings (SSSR count). The number of ketones is 1. The summed E-state index contributed by atoms with van der Waals surface area (Å²) < 4.78 is 0.810. The summed E-state index contributed by atoms with van der Waals surface area (Å²) in [6.45, 7) is 4.64. The van der Waals surface area contributed by atoms with Gasteiger partial charge in [0.25, 0.3) is 0 Å². The van der Waals surface area contributed by atoms with Gasteiger partial charge in [-0.25, -0.2) is 4.98 Å². The van der Waals surface area contributed by atoms with Crippen molar-refractivity contribution in [1.82, 2.24) is 10.3 Å². The molecular formula is C23H24N2O2S2. The monoisotopic (exact) mass is 424 g/mol. The molecule has 0 saturated heterocycles. The van der Waals surface area contributed by atoms with Crippen LogP contribution in [0.5, 0.6) is 0 Å². The second kappa shape index (κ2) is 10.4. The lowest BCUT2D eigenvalue weighted by molar-refractivity contribution is -0.120. The highest BCUT2D eigenvalue weighted by molar-refractivity contribution is 8.01.